The summed E-state index contributed by atoms with van der Waals surface area (Å²) in [4.78, 5) is 23.6. The molecule has 1 aliphatic rings. The Balaban J connectivity index is 1.70. The van der Waals surface area contributed by atoms with E-state index in [0.29, 0.717) is 12.1 Å². The maximum atomic E-state index is 12.1. The first-order chi connectivity index (χ1) is 10.1. The molecule has 7 nitrogen and oxygen atoms in total. The van der Waals surface area contributed by atoms with Crippen LogP contribution in [0, 0.1) is 0 Å². The van der Waals surface area contributed by atoms with E-state index in [0.717, 1.165) is 37.5 Å². The van der Waals surface area contributed by atoms with E-state index in [1.165, 1.54) is 10.6 Å². The predicted molar refractivity (Wildman–Crippen MR) is 75.8 cm³/mol. The molecule has 1 N–H and O–H groups in total. The molecule has 1 aliphatic heterocycles. The van der Waals surface area contributed by atoms with Gasteiger partial charge in [-0.2, -0.15) is 0 Å². The highest BCUT2D eigenvalue weighted by molar-refractivity contribution is 5.93. The fourth-order valence-electron chi connectivity index (χ4n) is 2.45. The molecular weight excluding hydrogens is 270 g/mol. The number of hydrogen-bond acceptors (Lipinski definition) is 4. The van der Waals surface area contributed by atoms with E-state index >= 15 is 0 Å². The molecule has 0 unspecified atom stereocenters. The summed E-state index contributed by atoms with van der Waals surface area (Å²) in [5.41, 5.74) is 0.152. The van der Waals surface area contributed by atoms with Gasteiger partial charge in [-0.15, -0.1) is 10.2 Å². The molecular formula is C14H17N5O2. The molecule has 0 radical (unpaired) electrons. The summed E-state index contributed by atoms with van der Waals surface area (Å²) in [5, 5.41) is 11.1. The zero-order valence-corrected chi connectivity index (χ0v) is 11.9. The molecule has 0 atom stereocenters. The van der Waals surface area contributed by atoms with Crippen molar-refractivity contribution in [3.63, 3.8) is 0 Å². The number of nitrogens with zero attached hydrogens (tertiary/aromatic N) is 4. The monoisotopic (exact) mass is 287 g/mol. The van der Waals surface area contributed by atoms with Crippen LogP contribution in [0.5, 0.6) is 0 Å². The number of fused-ring (bicyclic) bond motifs is 1. The molecule has 2 aromatic heterocycles. The summed E-state index contributed by atoms with van der Waals surface area (Å²) in [5.74, 6) is 1.47. The van der Waals surface area contributed by atoms with Crippen molar-refractivity contribution in [2.24, 2.45) is 7.05 Å². The number of rotatable bonds is 3. The third-order valence-electron chi connectivity index (χ3n) is 3.71. The summed E-state index contributed by atoms with van der Waals surface area (Å²) in [7, 11) is 1.65. The van der Waals surface area contributed by atoms with Gasteiger partial charge in [-0.05, 0) is 18.9 Å². The van der Waals surface area contributed by atoms with Gasteiger partial charge < -0.3 is 14.5 Å². The fourth-order valence-corrected chi connectivity index (χ4v) is 2.45. The first-order valence-corrected chi connectivity index (χ1v) is 7.01. The molecule has 1 amide bonds. The van der Waals surface area contributed by atoms with E-state index < -0.39 is 0 Å². The van der Waals surface area contributed by atoms with Gasteiger partial charge in [0.1, 0.15) is 5.82 Å². The summed E-state index contributed by atoms with van der Waals surface area (Å²) in [6.07, 6.45) is 4.77. The zero-order chi connectivity index (χ0) is 14.8. The molecule has 0 aromatic carbocycles. The Morgan fingerprint density at radius 2 is 2.24 bits per heavy atom. The van der Waals surface area contributed by atoms with Crippen molar-refractivity contribution in [3.05, 3.63) is 45.9 Å². The molecule has 3 heterocycles. The summed E-state index contributed by atoms with van der Waals surface area (Å²) in [6.45, 7) is 1.22. The molecule has 7 heteroatoms. The molecule has 21 heavy (non-hydrogen) atoms. The summed E-state index contributed by atoms with van der Waals surface area (Å²) >= 11 is 0. The van der Waals surface area contributed by atoms with Gasteiger partial charge in [-0.1, -0.05) is 0 Å². The van der Waals surface area contributed by atoms with Crippen LogP contribution in [0.1, 0.15) is 34.8 Å². The van der Waals surface area contributed by atoms with Gasteiger partial charge in [-0.3, -0.25) is 9.59 Å². The number of carbonyl (C=O) groups is 1. The Labute approximate surface area is 121 Å². The second-order valence-electron chi connectivity index (χ2n) is 5.19. The van der Waals surface area contributed by atoms with Gasteiger partial charge >= 0.3 is 0 Å². The van der Waals surface area contributed by atoms with Crippen LogP contribution in [0.4, 0.5) is 0 Å². The van der Waals surface area contributed by atoms with E-state index in [1.807, 2.05) is 0 Å². The second-order valence-corrected chi connectivity index (χ2v) is 5.19. The van der Waals surface area contributed by atoms with Gasteiger partial charge in [0.2, 0.25) is 0 Å². The average Bonchev–Trinajstić information content (AvgIpc) is 2.91. The SMILES string of the molecule is Cn1ccc(C(=O)NCc2nnc3n2CCCC3)cc1=O. The van der Waals surface area contributed by atoms with E-state index in [9.17, 15) is 9.59 Å². The smallest absolute Gasteiger partial charge is 0.251 e. The quantitative estimate of drug-likeness (QED) is 0.877. The lowest BCUT2D eigenvalue weighted by Crippen LogP contribution is -2.27. The van der Waals surface area contributed by atoms with E-state index in [4.69, 9.17) is 0 Å². The molecule has 0 fully saturated rings. The Morgan fingerprint density at radius 3 is 3.05 bits per heavy atom. The number of aryl methyl sites for hydroxylation is 2. The Morgan fingerprint density at radius 1 is 1.38 bits per heavy atom. The third-order valence-corrected chi connectivity index (χ3v) is 3.71. The first-order valence-electron chi connectivity index (χ1n) is 7.01. The fraction of sp³-hybridized carbons (Fsp3) is 0.429. The maximum Gasteiger partial charge on any atom is 0.251 e. The molecule has 2 aromatic rings. The molecule has 0 spiro atoms. The van der Waals surface area contributed by atoms with Crippen molar-refractivity contribution in [2.45, 2.75) is 32.4 Å². The molecule has 0 saturated carbocycles. The largest absolute Gasteiger partial charge is 0.345 e. The molecule has 0 aliphatic carbocycles. The standard InChI is InChI=1S/C14H17N5O2/c1-18-7-5-10(8-13(18)20)14(21)15-9-12-17-16-11-4-2-3-6-19(11)12/h5,7-8H,2-4,6,9H2,1H3,(H,15,21). The molecule has 3 rings (SSSR count). The number of pyridine rings is 1. The van der Waals surface area contributed by atoms with Crippen LogP contribution >= 0.6 is 0 Å². The van der Waals surface area contributed by atoms with Crippen LogP contribution in [0.3, 0.4) is 0 Å². The van der Waals surface area contributed by atoms with E-state index in [1.54, 1.807) is 19.3 Å². The van der Waals surface area contributed by atoms with Crippen LogP contribution < -0.4 is 10.9 Å². The van der Waals surface area contributed by atoms with Gasteiger partial charge in [0, 0.05) is 37.8 Å². The number of amides is 1. The third kappa shape index (κ3) is 2.72. The highest BCUT2D eigenvalue weighted by Crippen LogP contribution is 2.14. The summed E-state index contributed by atoms with van der Waals surface area (Å²) < 4.78 is 3.49. The topological polar surface area (TPSA) is 81.8 Å². The highest BCUT2D eigenvalue weighted by atomic mass is 16.2. The lowest BCUT2D eigenvalue weighted by molar-refractivity contribution is 0.0949. The minimum atomic E-state index is -0.277. The first kappa shape index (κ1) is 13.5. The van der Waals surface area contributed by atoms with Gasteiger partial charge in [0.25, 0.3) is 11.5 Å². The number of hydrogen-bond donors (Lipinski definition) is 1. The van der Waals surface area contributed by atoms with Crippen molar-refractivity contribution >= 4 is 5.91 Å². The van der Waals surface area contributed by atoms with Crippen molar-refractivity contribution in [1.29, 1.82) is 0 Å². The molecule has 0 saturated heterocycles. The average molecular weight is 287 g/mol. The summed E-state index contributed by atoms with van der Waals surface area (Å²) in [6, 6.07) is 2.95. The normalized spacial score (nSPS) is 13.8. The lowest BCUT2D eigenvalue weighted by Gasteiger charge is -2.14. The molecule has 110 valence electrons. The minimum Gasteiger partial charge on any atom is -0.345 e. The zero-order valence-electron chi connectivity index (χ0n) is 11.9. The molecule has 0 bridgehead atoms. The Bertz CT molecular complexity index is 731. The van der Waals surface area contributed by atoms with Crippen LogP contribution in [0.15, 0.2) is 23.1 Å². The second kappa shape index (κ2) is 5.51. The number of carbonyl (C=O) groups excluding carboxylic acids is 1. The van der Waals surface area contributed by atoms with Gasteiger partial charge in [0.05, 0.1) is 6.54 Å². The minimum absolute atomic E-state index is 0.206. The van der Waals surface area contributed by atoms with Crippen LogP contribution in [0.2, 0.25) is 0 Å². The highest BCUT2D eigenvalue weighted by Gasteiger charge is 2.16. The van der Waals surface area contributed by atoms with E-state index in [-0.39, 0.29) is 11.5 Å². The van der Waals surface area contributed by atoms with Crippen LogP contribution in [-0.2, 0) is 26.6 Å². The lowest BCUT2D eigenvalue weighted by atomic mass is 10.2. The predicted octanol–water partition coefficient (Wildman–Crippen LogP) is 0.243. The Hall–Kier alpha value is -2.44. The van der Waals surface area contributed by atoms with Crippen LogP contribution in [-0.4, -0.2) is 25.2 Å². The van der Waals surface area contributed by atoms with Crippen molar-refractivity contribution in [1.82, 2.24) is 24.6 Å². The van der Waals surface area contributed by atoms with Gasteiger partial charge in [-0.25, -0.2) is 0 Å². The van der Waals surface area contributed by atoms with Crippen molar-refractivity contribution in [3.8, 4) is 0 Å². The van der Waals surface area contributed by atoms with Crippen LogP contribution in [0.25, 0.3) is 0 Å². The van der Waals surface area contributed by atoms with Gasteiger partial charge in [0.15, 0.2) is 5.82 Å². The Kier molecular flexibility index (Phi) is 3.55. The van der Waals surface area contributed by atoms with Crippen molar-refractivity contribution < 1.29 is 4.79 Å². The maximum absolute atomic E-state index is 12.1. The van der Waals surface area contributed by atoms with E-state index in [2.05, 4.69) is 20.1 Å². The number of nitrogens with one attached hydrogen (secondary N) is 1. The number of aromatic nitrogens is 4. The van der Waals surface area contributed by atoms with Crippen molar-refractivity contribution in [2.75, 3.05) is 0 Å².